The third-order valence-electron chi connectivity index (χ3n) is 3.58. The van der Waals surface area contributed by atoms with Crippen LogP contribution in [-0.4, -0.2) is 17.0 Å². The fourth-order valence-electron chi connectivity index (χ4n) is 2.31. The lowest BCUT2D eigenvalue weighted by Crippen LogP contribution is -2.09. The van der Waals surface area contributed by atoms with Crippen LogP contribution < -0.4 is 0 Å². The van der Waals surface area contributed by atoms with Gasteiger partial charge in [0.2, 0.25) is 0 Å². The van der Waals surface area contributed by atoms with E-state index in [0.717, 1.165) is 12.2 Å². The van der Waals surface area contributed by atoms with Crippen molar-refractivity contribution >= 4 is 11.8 Å². The molecule has 0 aliphatic heterocycles. The normalized spacial score (nSPS) is 12.5. The molecule has 0 heterocycles. The zero-order chi connectivity index (χ0) is 14.5. The Kier molecular flexibility index (Phi) is 10.8. The summed E-state index contributed by atoms with van der Waals surface area (Å²) in [5.74, 6) is 0.820. The summed E-state index contributed by atoms with van der Waals surface area (Å²) in [5, 5.41) is 9.96. The molecular formula is C18H30OS. The summed E-state index contributed by atoms with van der Waals surface area (Å²) in [6, 6.07) is 10.3. The molecule has 1 atom stereocenters. The van der Waals surface area contributed by atoms with Crippen molar-refractivity contribution in [1.82, 2.24) is 0 Å². The highest BCUT2D eigenvalue weighted by molar-refractivity contribution is 7.99. The van der Waals surface area contributed by atoms with E-state index in [9.17, 15) is 5.11 Å². The second kappa shape index (κ2) is 12.3. The molecule has 0 aliphatic carbocycles. The standard InChI is InChI=1S/C18H30OS/c1-2-3-4-5-6-7-8-10-13-17(19)16-20-18-14-11-9-12-15-18/h9,11-12,14-15,17,19H,2-8,10,13,16H2,1H3. The summed E-state index contributed by atoms with van der Waals surface area (Å²) in [5.41, 5.74) is 0. The van der Waals surface area contributed by atoms with Gasteiger partial charge in [-0.1, -0.05) is 76.5 Å². The summed E-state index contributed by atoms with van der Waals surface area (Å²) in [4.78, 5) is 1.25. The maximum absolute atomic E-state index is 9.96. The van der Waals surface area contributed by atoms with E-state index in [4.69, 9.17) is 0 Å². The third-order valence-corrected chi connectivity index (χ3v) is 4.73. The van der Waals surface area contributed by atoms with Crippen molar-refractivity contribution in [3.8, 4) is 0 Å². The van der Waals surface area contributed by atoms with E-state index >= 15 is 0 Å². The number of unbranched alkanes of at least 4 members (excludes halogenated alkanes) is 7. The summed E-state index contributed by atoms with van der Waals surface area (Å²) in [6.07, 6.45) is 11.4. The highest BCUT2D eigenvalue weighted by Gasteiger charge is 2.04. The molecule has 0 saturated heterocycles. The molecule has 2 heteroatoms. The van der Waals surface area contributed by atoms with Crippen LogP contribution in [0.2, 0.25) is 0 Å². The summed E-state index contributed by atoms with van der Waals surface area (Å²) in [6.45, 7) is 2.26. The molecule has 0 fully saturated rings. The first-order valence-corrected chi connectivity index (χ1v) is 9.17. The van der Waals surface area contributed by atoms with Crippen molar-refractivity contribution < 1.29 is 5.11 Å². The minimum absolute atomic E-state index is 0.153. The van der Waals surface area contributed by atoms with Gasteiger partial charge in [-0.15, -0.1) is 11.8 Å². The van der Waals surface area contributed by atoms with Gasteiger partial charge in [0.25, 0.3) is 0 Å². The first kappa shape index (κ1) is 17.6. The van der Waals surface area contributed by atoms with Crippen LogP contribution in [-0.2, 0) is 0 Å². The zero-order valence-electron chi connectivity index (χ0n) is 12.9. The number of hydrogen-bond acceptors (Lipinski definition) is 2. The molecule has 0 saturated carbocycles. The van der Waals surface area contributed by atoms with Crippen molar-refractivity contribution in [1.29, 1.82) is 0 Å². The van der Waals surface area contributed by atoms with Crippen LogP contribution >= 0.6 is 11.8 Å². The number of hydrogen-bond donors (Lipinski definition) is 1. The Labute approximate surface area is 129 Å². The molecule has 114 valence electrons. The SMILES string of the molecule is CCCCCCCCCCC(O)CSc1ccccc1. The van der Waals surface area contributed by atoms with Crippen molar-refractivity contribution in [3.05, 3.63) is 30.3 Å². The van der Waals surface area contributed by atoms with E-state index in [1.54, 1.807) is 11.8 Å². The molecule has 0 radical (unpaired) electrons. The number of aliphatic hydroxyl groups excluding tert-OH is 1. The molecule has 0 spiro atoms. The number of rotatable bonds is 12. The van der Waals surface area contributed by atoms with E-state index in [1.165, 1.54) is 56.3 Å². The van der Waals surface area contributed by atoms with Gasteiger partial charge in [0.05, 0.1) is 6.10 Å². The monoisotopic (exact) mass is 294 g/mol. The molecule has 1 nitrogen and oxygen atoms in total. The second-order valence-corrected chi connectivity index (χ2v) is 6.63. The predicted molar refractivity (Wildman–Crippen MR) is 90.4 cm³/mol. The molecule has 0 aliphatic rings. The fraction of sp³-hybridized carbons (Fsp3) is 0.667. The molecule has 1 aromatic carbocycles. The van der Waals surface area contributed by atoms with E-state index in [2.05, 4.69) is 19.1 Å². The lowest BCUT2D eigenvalue weighted by molar-refractivity contribution is 0.185. The zero-order valence-corrected chi connectivity index (χ0v) is 13.7. The van der Waals surface area contributed by atoms with E-state index < -0.39 is 0 Å². The third kappa shape index (κ3) is 9.44. The minimum Gasteiger partial charge on any atom is -0.392 e. The van der Waals surface area contributed by atoms with Crippen LogP contribution in [0.1, 0.15) is 64.7 Å². The molecule has 0 aromatic heterocycles. The van der Waals surface area contributed by atoms with Crippen molar-refractivity contribution in [3.63, 3.8) is 0 Å². The Morgan fingerprint density at radius 1 is 0.900 bits per heavy atom. The molecule has 0 amide bonds. The van der Waals surface area contributed by atoms with Crippen LogP contribution in [0.4, 0.5) is 0 Å². The average Bonchev–Trinajstić information content (AvgIpc) is 2.49. The van der Waals surface area contributed by atoms with Gasteiger partial charge in [0, 0.05) is 10.6 Å². The largest absolute Gasteiger partial charge is 0.392 e. The minimum atomic E-state index is -0.153. The van der Waals surface area contributed by atoms with E-state index in [1.807, 2.05) is 18.2 Å². The topological polar surface area (TPSA) is 20.2 Å². The Morgan fingerprint density at radius 2 is 1.50 bits per heavy atom. The molecule has 0 bridgehead atoms. The van der Waals surface area contributed by atoms with Gasteiger partial charge in [0.1, 0.15) is 0 Å². The van der Waals surface area contributed by atoms with Gasteiger partial charge < -0.3 is 5.11 Å². The quantitative estimate of drug-likeness (QED) is 0.396. The average molecular weight is 295 g/mol. The maximum atomic E-state index is 9.96. The van der Waals surface area contributed by atoms with E-state index in [-0.39, 0.29) is 6.10 Å². The lowest BCUT2D eigenvalue weighted by atomic mass is 10.1. The second-order valence-electron chi connectivity index (χ2n) is 5.54. The highest BCUT2D eigenvalue weighted by Crippen LogP contribution is 2.20. The van der Waals surface area contributed by atoms with Gasteiger partial charge in [-0.25, -0.2) is 0 Å². The maximum Gasteiger partial charge on any atom is 0.0634 e. The van der Waals surface area contributed by atoms with Gasteiger partial charge in [-0.3, -0.25) is 0 Å². The number of aliphatic hydroxyl groups is 1. The van der Waals surface area contributed by atoms with Crippen LogP contribution in [0.3, 0.4) is 0 Å². The van der Waals surface area contributed by atoms with Crippen LogP contribution in [0.5, 0.6) is 0 Å². The fourth-order valence-corrected chi connectivity index (χ4v) is 3.21. The lowest BCUT2D eigenvalue weighted by Gasteiger charge is -2.10. The van der Waals surface area contributed by atoms with Gasteiger partial charge in [-0.05, 0) is 18.6 Å². The predicted octanol–water partition coefficient (Wildman–Crippen LogP) is 5.67. The molecule has 1 rings (SSSR count). The van der Waals surface area contributed by atoms with Gasteiger partial charge >= 0.3 is 0 Å². The Hall–Kier alpha value is -0.470. The van der Waals surface area contributed by atoms with E-state index in [0.29, 0.717) is 0 Å². The van der Waals surface area contributed by atoms with Crippen LogP contribution in [0.25, 0.3) is 0 Å². The summed E-state index contributed by atoms with van der Waals surface area (Å²) < 4.78 is 0. The number of benzene rings is 1. The Morgan fingerprint density at radius 3 is 2.15 bits per heavy atom. The summed E-state index contributed by atoms with van der Waals surface area (Å²) >= 11 is 1.76. The first-order valence-electron chi connectivity index (χ1n) is 8.19. The van der Waals surface area contributed by atoms with Crippen molar-refractivity contribution in [2.45, 2.75) is 75.7 Å². The molecule has 1 aromatic rings. The number of thioether (sulfide) groups is 1. The molecule has 20 heavy (non-hydrogen) atoms. The van der Waals surface area contributed by atoms with Gasteiger partial charge in [0.15, 0.2) is 0 Å². The van der Waals surface area contributed by atoms with Crippen LogP contribution in [0, 0.1) is 0 Å². The molecule has 1 unspecified atom stereocenters. The Bertz CT molecular complexity index is 312. The van der Waals surface area contributed by atoms with Crippen molar-refractivity contribution in [2.75, 3.05) is 5.75 Å². The first-order chi connectivity index (χ1) is 9.83. The Balaban J connectivity index is 1.91. The smallest absolute Gasteiger partial charge is 0.0634 e. The van der Waals surface area contributed by atoms with Crippen LogP contribution in [0.15, 0.2) is 35.2 Å². The molecular weight excluding hydrogens is 264 g/mol. The molecule has 1 N–H and O–H groups in total. The summed E-state index contributed by atoms with van der Waals surface area (Å²) in [7, 11) is 0. The van der Waals surface area contributed by atoms with Gasteiger partial charge in [-0.2, -0.15) is 0 Å². The highest BCUT2D eigenvalue weighted by atomic mass is 32.2. The van der Waals surface area contributed by atoms with Crippen molar-refractivity contribution in [2.24, 2.45) is 0 Å².